The number of rotatable bonds is 3. The van der Waals surface area contributed by atoms with Gasteiger partial charge in [0.05, 0.1) is 16.8 Å². The first-order valence-corrected chi connectivity index (χ1v) is 6.30. The second-order valence-corrected chi connectivity index (χ2v) is 5.18. The molecule has 2 aromatic rings. The standard InChI is InChI=1S/C14H16N4O/c1-9-11(8-18(2)17-9)12-4-3-10(7-16-12)14(5-6-14)13(15)19/h3-4,7-8H,5-6H2,1-2H3,(H2,15,19). The number of carbonyl (C=O) groups is 1. The SMILES string of the molecule is Cc1nn(C)cc1-c1ccc(C2(C(N)=O)CC2)cn1. The summed E-state index contributed by atoms with van der Waals surface area (Å²) in [6, 6.07) is 3.88. The summed E-state index contributed by atoms with van der Waals surface area (Å²) < 4.78 is 1.77. The maximum absolute atomic E-state index is 11.5. The second-order valence-electron chi connectivity index (χ2n) is 5.18. The van der Waals surface area contributed by atoms with Crippen LogP contribution in [0.5, 0.6) is 0 Å². The van der Waals surface area contributed by atoms with Gasteiger partial charge in [0.2, 0.25) is 5.91 Å². The van der Waals surface area contributed by atoms with E-state index in [4.69, 9.17) is 5.73 Å². The highest BCUT2D eigenvalue weighted by Gasteiger charge is 2.50. The van der Waals surface area contributed by atoms with Crippen molar-refractivity contribution in [2.45, 2.75) is 25.2 Å². The van der Waals surface area contributed by atoms with Crippen molar-refractivity contribution >= 4 is 5.91 Å². The Morgan fingerprint density at radius 1 is 1.42 bits per heavy atom. The average Bonchev–Trinajstić information content (AvgIpc) is 3.11. The summed E-state index contributed by atoms with van der Waals surface area (Å²) in [4.78, 5) is 15.9. The summed E-state index contributed by atoms with van der Waals surface area (Å²) in [6.45, 7) is 1.96. The van der Waals surface area contributed by atoms with Crippen LogP contribution in [0.3, 0.4) is 0 Å². The van der Waals surface area contributed by atoms with Gasteiger partial charge in [-0.1, -0.05) is 6.07 Å². The van der Waals surface area contributed by atoms with Gasteiger partial charge in [0.15, 0.2) is 0 Å². The van der Waals surface area contributed by atoms with Gasteiger partial charge >= 0.3 is 0 Å². The Hall–Kier alpha value is -2.17. The van der Waals surface area contributed by atoms with E-state index < -0.39 is 5.41 Å². The third-order valence-electron chi connectivity index (χ3n) is 3.83. The van der Waals surface area contributed by atoms with Gasteiger partial charge in [0, 0.05) is 25.0 Å². The van der Waals surface area contributed by atoms with Gasteiger partial charge < -0.3 is 5.73 Å². The molecule has 0 aliphatic heterocycles. The first kappa shape index (κ1) is 11.9. The Bertz CT molecular complexity index is 638. The average molecular weight is 256 g/mol. The topological polar surface area (TPSA) is 73.8 Å². The van der Waals surface area contributed by atoms with E-state index in [0.717, 1.165) is 35.4 Å². The van der Waals surface area contributed by atoms with Gasteiger partial charge in [-0.2, -0.15) is 5.10 Å². The Morgan fingerprint density at radius 2 is 2.16 bits per heavy atom. The minimum absolute atomic E-state index is 0.250. The molecular formula is C14H16N4O. The van der Waals surface area contributed by atoms with Crippen molar-refractivity contribution < 1.29 is 4.79 Å². The molecule has 2 N–H and O–H groups in total. The largest absolute Gasteiger partial charge is 0.369 e. The molecule has 19 heavy (non-hydrogen) atoms. The number of hydrogen-bond donors (Lipinski definition) is 1. The van der Waals surface area contributed by atoms with Gasteiger partial charge in [-0.25, -0.2) is 0 Å². The normalized spacial score (nSPS) is 16.3. The summed E-state index contributed by atoms with van der Waals surface area (Å²) in [5.74, 6) is -0.250. The highest BCUT2D eigenvalue weighted by Crippen LogP contribution is 2.47. The molecule has 1 amide bonds. The number of amides is 1. The van der Waals surface area contributed by atoms with Crippen LogP contribution in [-0.4, -0.2) is 20.7 Å². The molecule has 1 saturated carbocycles. The Kier molecular flexibility index (Phi) is 2.45. The lowest BCUT2D eigenvalue weighted by Gasteiger charge is -2.10. The number of primary amides is 1. The van der Waals surface area contributed by atoms with Crippen LogP contribution in [0.25, 0.3) is 11.3 Å². The maximum atomic E-state index is 11.5. The Morgan fingerprint density at radius 3 is 2.58 bits per heavy atom. The van der Waals surface area contributed by atoms with Crippen molar-refractivity contribution in [1.29, 1.82) is 0 Å². The van der Waals surface area contributed by atoms with E-state index in [1.165, 1.54) is 0 Å². The molecule has 98 valence electrons. The summed E-state index contributed by atoms with van der Waals surface area (Å²) in [6.07, 6.45) is 5.36. The van der Waals surface area contributed by atoms with E-state index in [2.05, 4.69) is 10.1 Å². The molecule has 3 rings (SSSR count). The summed E-state index contributed by atoms with van der Waals surface area (Å²) in [7, 11) is 1.89. The fourth-order valence-electron chi connectivity index (χ4n) is 2.49. The summed E-state index contributed by atoms with van der Waals surface area (Å²) in [5.41, 5.74) is 8.75. The van der Waals surface area contributed by atoms with Crippen molar-refractivity contribution in [1.82, 2.24) is 14.8 Å². The molecule has 0 unspecified atom stereocenters. The number of nitrogens with zero attached hydrogens (tertiary/aromatic N) is 3. The van der Waals surface area contributed by atoms with E-state index >= 15 is 0 Å². The molecule has 2 aromatic heterocycles. The molecule has 2 heterocycles. The Balaban J connectivity index is 1.96. The number of aryl methyl sites for hydroxylation is 2. The number of aromatic nitrogens is 3. The van der Waals surface area contributed by atoms with E-state index in [1.54, 1.807) is 10.9 Å². The highest BCUT2D eigenvalue weighted by molar-refractivity contribution is 5.89. The number of hydrogen-bond acceptors (Lipinski definition) is 3. The molecule has 5 heteroatoms. The lowest BCUT2D eigenvalue weighted by atomic mass is 9.96. The molecular weight excluding hydrogens is 240 g/mol. The Labute approximate surface area is 111 Å². The minimum Gasteiger partial charge on any atom is -0.369 e. The monoisotopic (exact) mass is 256 g/mol. The first-order valence-electron chi connectivity index (χ1n) is 6.30. The van der Waals surface area contributed by atoms with Crippen LogP contribution in [0, 0.1) is 6.92 Å². The number of carbonyl (C=O) groups excluding carboxylic acids is 1. The van der Waals surface area contributed by atoms with Crippen LogP contribution in [0.15, 0.2) is 24.5 Å². The predicted molar refractivity (Wildman–Crippen MR) is 71.3 cm³/mol. The van der Waals surface area contributed by atoms with Crippen molar-refractivity contribution in [3.05, 3.63) is 35.8 Å². The van der Waals surface area contributed by atoms with Gasteiger partial charge in [-0.15, -0.1) is 0 Å². The molecule has 1 aliphatic carbocycles. The third kappa shape index (κ3) is 1.82. The zero-order chi connectivity index (χ0) is 13.6. The maximum Gasteiger partial charge on any atom is 0.228 e. The quantitative estimate of drug-likeness (QED) is 0.899. The molecule has 0 spiro atoms. The predicted octanol–water partition coefficient (Wildman–Crippen LogP) is 1.31. The van der Waals surface area contributed by atoms with Crippen LogP contribution in [0.2, 0.25) is 0 Å². The van der Waals surface area contributed by atoms with E-state index in [-0.39, 0.29) is 5.91 Å². The zero-order valence-corrected chi connectivity index (χ0v) is 11.1. The van der Waals surface area contributed by atoms with E-state index in [9.17, 15) is 4.79 Å². The first-order chi connectivity index (χ1) is 9.03. The molecule has 0 bridgehead atoms. The van der Waals surface area contributed by atoms with Crippen LogP contribution in [0.4, 0.5) is 0 Å². The van der Waals surface area contributed by atoms with Crippen LogP contribution in [0.1, 0.15) is 24.1 Å². The molecule has 0 atom stereocenters. The van der Waals surface area contributed by atoms with E-state index in [1.807, 2.05) is 32.3 Å². The smallest absolute Gasteiger partial charge is 0.228 e. The summed E-state index contributed by atoms with van der Waals surface area (Å²) in [5, 5.41) is 4.30. The van der Waals surface area contributed by atoms with Gasteiger partial charge in [0.1, 0.15) is 0 Å². The van der Waals surface area contributed by atoms with Crippen molar-refractivity contribution in [2.75, 3.05) is 0 Å². The third-order valence-corrected chi connectivity index (χ3v) is 3.83. The molecule has 0 radical (unpaired) electrons. The minimum atomic E-state index is -0.463. The van der Waals surface area contributed by atoms with E-state index in [0.29, 0.717) is 0 Å². The molecule has 0 saturated heterocycles. The van der Waals surface area contributed by atoms with Gasteiger partial charge in [-0.05, 0) is 31.4 Å². The number of nitrogens with two attached hydrogens (primary N) is 1. The highest BCUT2D eigenvalue weighted by atomic mass is 16.1. The lowest BCUT2D eigenvalue weighted by molar-refractivity contribution is -0.120. The second kappa shape index (κ2) is 3.91. The molecule has 1 fully saturated rings. The summed E-state index contributed by atoms with van der Waals surface area (Å²) >= 11 is 0. The molecule has 1 aliphatic rings. The van der Waals surface area contributed by atoms with Crippen molar-refractivity contribution in [3.8, 4) is 11.3 Å². The zero-order valence-electron chi connectivity index (χ0n) is 11.1. The van der Waals surface area contributed by atoms with Crippen LogP contribution >= 0.6 is 0 Å². The molecule has 0 aromatic carbocycles. The van der Waals surface area contributed by atoms with Crippen LogP contribution in [-0.2, 0) is 17.3 Å². The van der Waals surface area contributed by atoms with Gasteiger partial charge in [-0.3, -0.25) is 14.5 Å². The lowest BCUT2D eigenvalue weighted by Crippen LogP contribution is -2.28. The van der Waals surface area contributed by atoms with Crippen molar-refractivity contribution in [3.63, 3.8) is 0 Å². The molecule has 5 nitrogen and oxygen atoms in total. The number of pyridine rings is 1. The van der Waals surface area contributed by atoms with Crippen LogP contribution < -0.4 is 5.73 Å². The fraction of sp³-hybridized carbons (Fsp3) is 0.357. The van der Waals surface area contributed by atoms with Gasteiger partial charge in [0.25, 0.3) is 0 Å². The fourth-order valence-corrected chi connectivity index (χ4v) is 2.49. The van der Waals surface area contributed by atoms with Crippen molar-refractivity contribution in [2.24, 2.45) is 12.8 Å².